The molecule has 4 fully saturated rings. The lowest BCUT2D eigenvalue weighted by molar-refractivity contribution is -0.689. The van der Waals surface area contributed by atoms with Crippen molar-refractivity contribution in [3.63, 3.8) is 0 Å². The topological polar surface area (TPSA) is 73.3 Å². The molecule has 1 heterocycles. The molecule has 4 aliphatic carbocycles. The van der Waals surface area contributed by atoms with Gasteiger partial charge in [-0.1, -0.05) is 18.3 Å². The zero-order valence-electron chi connectivity index (χ0n) is 19.5. The van der Waals surface area contributed by atoms with Crippen molar-refractivity contribution in [3.8, 4) is 0 Å². The molecular formula is C26H33N2O4S+. The molecule has 0 unspecified atom stereocenters. The third-order valence-electron chi connectivity index (χ3n) is 8.24. The Morgan fingerprint density at radius 3 is 2.55 bits per heavy atom. The Kier molecular flexibility index (Phi) is 5.79. The first kappa shape index (κ1) is 22.5. The van der Waals surface area contributed by atoms with Gasteiger partial charge in [0.05, 0.1) is 22.8 Å². The summed E-state index contributed by atoms with van der Waals surface area (Å²) >= 11 is 1.67. The number of carbonyl (C=O) groups is 1. The van der Waals surface area contributed by atoms with Crippen molar-refractivity contribution < 1.29 is 19.0 Å². The lowest BCUT2D eigenvalue weighted by atomic mass is 9.44. The van der Waals surface area contributed by atoms with Crippen LogP contribution in [0.2, 0.25) is 0 Å². The molecular weight excluding hydrogens is 436 g/mol. The monoisotopic (exact) mass is 469 g/mol. The Hall–Kier alpha value is -2.28. The van der Waals surface area contributed by atoms with E-state index in [4.69, 9.17) is 4.74 Å². The van der Waals surface area contributed by atoms with Gasteiger partial charge in [0.2, 0.25) is 5.51 Å². The first-order valence-corrected chi connectivity index (χ1v) is 13.0. The smallest absolute Gasteiger partial charge is 0.306 e. The summed E-state index contributed by atoms with van der Waals surface area (Å²) in [6.45, 7) is 5.62. The predicted octanol–water partition coefficient (Wildman–Crippen LogP) is 5.38. The van der Waals surface area contributed by atoms with Crippen LogP contribution in [0, 0.1) is 39.7 Å². The fourth-order valence-corrected chi connectivity index (χ4v) is 8.49. The second-order valence-electron chi connectivity index (χ2n) is 11.2. The molecule has 4 saturated carbocycles. The van der Waals surface area contributed by atoms with Crippen LogP contribution in [0.4, 0.5) is 5.69 Å². The highest BCUT2D eigenvalue weighted by molar-refractivity contribution is 7.09. The van der Waals surface area contributed by atoms with Crippen LogP contribution in [0.15, 0.2) is 29.8 Å². The predicted molar refractivity (Wildman–Crippen MR) is 126 cm³/mol. The zero-order valence-corrected chi connectivity index (χ0v) is 20.4. The largest absolute Gasteiger partial charge is 0.465 e. The minimum atomic E-state index is -0.379. The molecule has 7 heteroatoms. The highest BCUT2D eigenvalue weighted by Crippen LogP contribution is 2.66. The van der Waals surface area contributed by atoms with Gasteiger partial charge in [0.25, 0.3) is 5.69 Å². The number of esters is 1. The minimum Gasteiger partial charge on any atom is -0.465 e. The summed E-state index contributed by atoms with van der Waals surface area (Å²) in [6, 6.07) is 6.69. The summed E-state index contributed by atoms with van der Waals surface area (Å²) in [5.41, 5.74) is 5.01. The number of hydrogen-bond acceptors (Lipinski definition) is 5. The zero-order chi connectivity index (χ0) is 23.2. The number of ether oxygens (including phenoxy) is 1. The van der Waals surface area contributed by atoms with E-state index in [2.05, 4.69) is 23.9 Å². The van der Waals surface area contributed by atoms with Crippen LogP contribution in [0.1, 0.15) is 68.0 Å². The van der Waals surface area contributed by atoms with Gasteiger partial charge < -0.3 is 4.74 Å². The second kappa shape index (κ2) is 8.49. The molecule has 0 radical (unpaired) electrons. The average Bonchev–Trinajstić information content (AvgIpc) is 3.05. The van der Waals surface area contributed by atoms with Crippen LogP contribution in [-0.4, -0.2) is 17.5 Å². The van der Waals surface area contributed by atoms with Crippen molar-refractivity contribution in [3.05, 3.63) is 56.0 Å². The van der Waals surface area contributed by atoms with Crippen molar-refractivity contribution in [2.24, 2.45) is 22.7 Å². The van der Waals surface area contributed by atoms with Crippen molar-refractivity contribution >= 4 is 23.0 Å². The van der Waals surface area contributed by atoms with E-state index in [1.807, 2.05) is 0 Å². The number of hydrogen-bond donors (Lipinski definition) is 0. The maximum atomic E-state index is 12.8. The molecule has 6 rings (SSSR count). The number of nitrogens with zero attached hydrogens (tertiary/aromatic N) is 2. The van der Waals surface area contributed by atoms with Gasteiger partial charge in [-0.25, -0.2) is 0 Å². The van der Waals surface area contributed by atoms with Crippen LogP contribution >= 0.6 is 11.3 Å². The number of nitro benzene ring substituents is 1. The van der Waals surface area contributed by atoms with E-state index in [-0.39, 0.29) is 22.0 Å². The molecule has 2 aromatic rings. The van der Waals surface area contributed by atoms with Crippen LogP contribution in [0.5, 0.6) is 0 Å². The van der Waals surface area contributed by atoms with Gasteiger partial charge in [0.1, 0.15) is 0 Å². The number of nitro groups is 1. The average molecular weight is 470 g/mol. The summed E-state index contributed by atoms with van der Waals surface area (Å²) < 4.78 is 7.88. The molecule has 4 aliphatic rings. The Morgan fingerprint density at radius 2 is 1.91 bits per heavy atom. The molecule has 0 aliphatic heterocycles. The Morgan fingerprint density at radius 1 is 1.21 bits per heavy atom. The molecule has 0 saturated heterocycles. The minimum absolute atomic E-state index is 0.0199. The molecule has 33 heavy (non-hydrogen) atoms. The fraction of sp³-hybridized carbons (Fsp3) is 0.615. The maximum absolute atomic E-state index is 12.8. The molecule has 6 nitrogen and oxygen atoms in total. The van der Waals surface area contributed by atoms with Crippen LogP contribution in [0.25, 0.3) is 0 Å². The van der Waals surface area contributed by atoms with Crippen molar-refractivity contribution in [2.75, 3.05) is 6.61 Å². The first-order valence-electron chi connectivity index (χ1n) is 12.1. The molecule has 0 N–H and O–H groups in total. The molecule has 1 aromatic carbocycles. The van der Waals surface area contributed by atoms with Gasteiger partial charge in [-0.15, -0.1) is 0 Å². The Labute approximate surface area is 199 Å². The molecule has 0 spiro atoms. The molecule has 176 valence electrons. The second-order valence-corrected chi connectivity index (χ2v) is 12.1. The summed E-state index contributed by atoms with van der Waals surface area (Å²) in [7, 11) is 0. The first-order chi connectivity index (χ1) is 15.7. The van der Waals surface area contributed by atoms with Gasteiger partial charge in [0, 0.05) is 31.0 Å². The van der Waals surface area contributed by atoms with E-state index >= 15 is 0 Å². The van der Waals surface area contributed by atoms with Crippen LogP contribution in [0.3, 0.4) is 0 Å². The summed E-state index contributed by atoms with van der Waals surface area (Å²) in [5, 5.41) is 10.8. The maximum Gasteiger partial charge on any atom is 0.306 e. The number of rotatable bonds is 8. The number of thiazole rings is 1. The van der Waals surface area contributed by atoms with E-state index in [0.717, 1.165) is 29.5 Å². The third-order valence-corrected chi connectivity index (χ3v) is 9.39. The van der Waals surface area contributed by atoms with E-state index < -0.39 is 0 Å². The highest BCUT2D eigenvalue weighted by Gasteiger charge is 2.56. The lowest BCUT2D eigenvalue weighted by Crippen LogP contribution is -2.51. The van der Waals surface area contributed by atoms with Gasteiger partial charge in [-0.3, -0.25) is 14.9 Å². The van der Waals surface area contributed by atoms with Crippen LogP contribution in [-0.2, 0) is 22.5 Å². The third kappa shape index (κ3) is 4.70. The van der Waals surface area contributed by atoms with Crippen molar-refractivity contribution in [2.45, 2.75) is 71.8 Å². The Bertz CT molecular complexity index is 1050. The van der Waals surface area contributed by atoms with Gasteiger partial charge in [-0.05, 0) is 73.3 Å². The summed E-state index contributed by atoms with van der Waals surface area (Å²) in [4.78, 5) is 24.4. The number of non-ortho nitro benzene ring substituents is 1. The molecule has 1 aromatic heterocycles. The van der Waals surface area contributed by atoms with Gasteiger partial charge >= 0.3 is 5.97 Å². The van der Waals surface area contributed by atoms with E-state index in [9.17, 15) is 14.9 Å². The summed E-state index contributed by atoms with van der Waals surface area (Å²) in [5.74, 6) is 1.63. The van der Waals surface area contributed by atoms with Crippen molar-refractivity contribution in [1.82, 2.24) is 0 Å². The van der Waals surface area contributed by atoms with Crippen molar-refractivity contribution in [1.29, 1.82) is 0 Å². The fourth-order valence-electron chi connectivity index (χ4n) is 7.52. The van der Waals surface area contributed by atoms with Crippen LogP contribution < -0.4 is 4.57 Å². The molecule has 0 amide bonds. The summed E-state index contributed by atoms with van der Waals surface area (Å²) in [6.07, 6.45) is 9.07. The Balaban J connectivity index is 1.13. The highest BCUT2D eigenvalue weighted by atomic mass is 32.1. The van der Waals surface area contributed by atoms with E-state index in [1.165, 1.54) is 43.4 Å². The number of benzene rings is 1. The number of aromatic nitrogens is 1. The normalized spacial score (nSPS) is 29.9. The van der Waals surface area contributed by atoms with E-state index in [1.54, 1.807) is 35.6 Å². The van der Waals surface area contributed by atoms with Gasteiger partial charge in [0.15, 0.2) is 12.2 Å². The SMILES string of the molecule is Cc1c(CCOC(=O)CC23C[C@@H]4C[C@H](CC(C)(C4)C2)C3)sc[n+]1Cc1ccc([N+](=O)[O-])cc1. The van der Waals surface area contributed by atoms with E-state index in [0.29, 0.717) is 25.0 Å². The molecule has 4 bridgehead atoms. The lowest BCUT2D eigenvalue weighted by Gasteiger charge is -2.61. The van der Waals surface area contributed by atoms with Gasteiger partial charge in [-0.2, -0.15) is 4.57 Å². The standard InChI is InChI=1S/C26H33N2O4S/c1-18-23(33-17-27(18)15-19-3-5-22(6-4-19)28(30)31)7-8-32-24(29)14-26-12-20-9-21(13-26)11-25(2,10-20)16-26/h3-6,17,20-21H,7-16H2,1-2H3/q+1/t20-,21-,25?,26?/m1/s1. The quantitative estimate of drug-likeness (QED) is 0.225. The number of carbonyl (C=O) groups excluding carboxylic acids is 1. The molecule has 2 atom stereocenters.